The second kappa shape index (κ2) is 4.89. The van der Waals surface area contributed by atoms with E-state index >= 15 is 0 Å². The number of carbonyl (C=O) groups is 1. The molecule has 0 saturated carbocycles. The Balaban J connectivity index is 2.62. The predicted molar refractivity (Wildman–Crippen MR) is 55.1 cm³/mol. The topological polar surface area (TPSA) is 49.3 Å². The van der Waals surface area contributed by atoms with Crippen LogP contribution in [0, 0.1) is 12.7 Å². The lowest BCUT2D eigenvalue weighted by molar-refractivity contribution is -0.139. The lowest BCUT2D eigenvalue weighted by Crippen LogP contribution is -2.33. The molecule has 1 aromatic rings. The number of aliphatic carboxylic acids is 1. The zero-order chi connectivity index (χ0) is 11.4. The summed E-state index contributed by atoms with van der Waals surface area (Å²) in [4.78, 5) is 10.5. The van der Waals surface area contributed by atoms with Crippen LogP contribution in [-0.4, -0.2) is 17.1 Å². The summed E-state index contributed by atoms with van der Waals surface area (Å²) in [5, 5.41) is 11.5. The van der Waals surface area contributed by atoms with Crippen LogP contribution in [0.2, 0.25) is 0 Å². The van der Waals surface area contributed by atoms with E-state index in [0.717, 1.165) is 11.1 Å². The average Bonchev–Trinajstić information content (AvgIpc) is 2.15. The first-order valence-electron chi connectivity index (χ1n) is 4.72. The summed E-state index contributed by atoms with van der Waals surface area (Å²) in [6.07, 6.45) is 0. The number of carboxylic acids is 1. The molecular weight excluding hydrogens is 197 g/mol. The van der Waals surface area contributed by atoms with Crippen LogP contribution in [0.1, 0.15) is 18.1 Å². The van der Waals surface area contributed by atoms with Gasteiger partial charge < -0.3 is 10.4 Å². The Kier molecular flexibility index (Phi) is 3.80. The van der Waals surface area contributed by atoms with Crippen molar-refractivity contribution in [2.75, 3.05) is 0 Å². The van der Waals surface area contributed by atoms with Crippen LogP contribution in [0.15, 0.2) is 18.2 Å². The number of benzene rings is 1. The van der Waals surface area contributed by atoms with Crippen molar-refractivity contribution in [2.24, 2.45) is 0 Å². The molecule has 0 heterocycles. The number of rotatable bonds is 4. The lowest BCUT2D eigenvalue weighted by atomic mass is 10.1. The molecule has 1 unspecified atom stereocenters. The molecule has 2 N–H and O–H groups in total. The maximum absolute atomic E-state index is 12.8. The van der Waals surface area contributed by atoms with Gasteiger partial charge in [0.2, 0.25) is 0 Å². The van der Waals surface area contributed by atoms with E-state index in [-0.39, 0.29) is 5.82 Å². The molecule has 0 amide bonds. The minimum atomic E-state index is -0.894. The molecule has 82 valence electrons. The highest BCUT2D eigenvalue weighted by Gasteiger charge is 2.09. The SMILES string of the molecule is Cc1cc(F)ccc1CNC(C)C(=O)O. The van der Waals surface area contributed by atoms with E-state index in [1.165, 1.54) is 12.1 Å². The van der Waals surface area contributed by atoms with E-state index in [0.29, 0.717) is 6.54 Å². The van der Waals surface area contributed by atoms with Gasteiger partial charge in [-0.05, 0) is 37.1 Å². The lowest BCUT2D eigenvalue weighted by Gasteiger charge is -2.10. The van der Waals surface area contributed by atoms with E-state index in [9.17, 15) is 9.18 Å². The molecule has 1 rings (SSSR count). The summed E-state index contributed by atoms with van der Waals surface area (Å²) in [7, 11) is 0. The second-order valence-electron chi connectivity index (χ2n) is 3.51. The van der Waals surface area contributed by atoms with Crippen LogP contribution in [0.25, 0.3) is 0 Å². The van der Waals surface area contributed by atoms with Crippen molar-refractivity contribution in [3.8, 4) is 0 Å². The van der Waals surface area contributed by atoms with Gasteiger partial charge in [-0.2, -0.15) is 0 Å². The first-order chi connectivity index (χ1) is 7.00. The molecule has 1 aromatic carbocycles. The van der Waals surface area contributed by atoms with Crippen LogP contribution < -0.4 is 5.32 Å². The van der Waals surface area contributed by atoms with Gasteiger partial charge in [0.1, 0.15) is 11.9 Å². The maximum atomic E-state index is 12.8. The van der Waals surface area contributed by atoms with Crippen LogP contribution in [0.3, 0.4) is 0 Å². The van der Waals surface area contributed by atoms with Crippen LogP contribution >= 0.6 is 0 Å². The molecule has 1 atom stereocenters. The van der Waals surface area contributed by atoms with E-state index < -0.39 is 12.0 Å². The number of aryl methyl sites for hydroxylation is 1. The minimum Gasteiger partial charge on any atom is -0.480 e. The molecule has 0 bridgehead atoms. The fourth-order valence-corrected chi connectivity index (χ4v) is 1.21. The molecule has 15 heavy (non-hydrogen) atoms. The smallest absolute Gasteiger partial charge is 0.320 e. The van der Waals surface area contributed by atoms with E-state index in [2.05, 4.69) is 5.32 Å². The van der Waals surface area contributed by atoms with Gasteiger partial charge in [-0.3, -0.25) is 4.79 Å². The molecule has 0 aliphatic rings. The van der Waals surface area contributed by atoms with Gasteiger partial charge in [-0.1, -0.05) is 6.07 Å². The highest BCUT2D eigenvalue weighted by molar-refractivity contribution is 5.72. The Morgan fingerprint density at radius 2 is 2.27 bits per heavy atom. The van der Waals surface area contributed by atoms with Crippen LogP contribution in [0.5, 0.6) is 0 Å². The largest absolute Gasteiger partial charge is 0.480 e. The Hall–Kier alpha value is -1.42. The van der Waals surface area contributed by atoms with E-state index in [1.807, 2.05) is 0 Å². The zero-order valence-electron chi connectivity index (χ0n) is 8.75. The van der Waals surface area contributed by atoms with E-state index in [1.54, 1.807) is 19.9 Å². The average molecular weight is 211 g/mol. The fraction of sp³-hybridized carbons (Fsp3) is 0.364. The van der Waals surface area contributed by atoms with E-state index in [4.69, 9.17) is 5.11 Å². The maximum Gasteiger partial charge on any atom is 0.320 e. The standard InChI is InChI=1S/C11H14FNO2/c1-7-5-10(12)4-3-9(7)6-13-8(2)11(14)15/h3-5,8,13H,6H2,1-2H3,(H,14,15). The number of nitrogens with one attached hydrogen (secondary N) is 1. The molecule has 0 spiro atoms. The minimum absolute atomic E-state index is 0.275. The van der Waals surface area contributed by atoms with Gasteiger partial charge in [-0.15, -0.1) is 0 Å². The molecule has 0 aliphatic heterocycles. The summed E-state index contributed by atoms with van der Waals surface area (Å²) in [6, 6.07) is 3.86. The summed E-state index contributed by atoms with van der Waals surface area (Å²) >= 11 is 0. The normalized spacial score (nSPS) is 12.5. The summed E-state index contributed by atoms with van der Waals surface area (Å²) in [6.45, 7) is 3.80. The third-order valence-electron chi connectivity index (χ3n) is 2.27. The highest BCUT2D eigenvalue weighted by atomic mass is 19.1. The van der Waals surface area contributed by atoms with Crippen molar-refractivity contribution in [2.45, 2.75) is 26.4 Å². The number of hydrogen-bond acceptors (Lipinski definition) is 2. The van der Waals surface area contributed by atoms with Crippen molar-refractivity contribution < 1.29 is 14.3 Å². The molecule has 0 aliphatic carbocycles. The summed E-state index contributed by atoms with van der Waals surface area (Å²) < 4.78 is 12.8. The Morgan fingerprint density at radius 3 is 2.80 bits per heavy atom. The van der Waals surface area contributed by atoms with Crippen molar-refractivity contribution in [1.82, 2.24) is 5.32 Å². The summed E-state index contributed by atoms with van der Waals surface area (Å²) in [5.41, 5.74) is 1.73. The predicted octanol–water partition coefficient (Wildman–Crippen LogP) is 1.70. The van der Waals surface area contributed by atoms with Crippen LogP contribution in [-0.2, 0) is 11.3 Å². The monoisotopic (exact) mass is 211 g/mol. The highest BCUT2D eigenvalue weighted by Crippen LogP contribution is 2.09. The van der Waals surface area contributed by atoms with Gasteiger partial charge in [0, 0.05) is 6.54 Å². The van der Waals surface area contributed by atoms with Gasteiger partial charge in [0.15, 0.2) is 0 Å². The Labute approximate surface area is 87.9 Å². The summed E-state index contributed by atoms with van der Waals surface area (Å²) in [5.74, 6) is -1.17. The molecular formula is C11H14FNO2. The van der Waals surface area contributed by atoms with Gasteiger partial charge in [0.05, 0.1) is 0 Å². The number of halogens is 1. The quantitative estimate of drug-likeness (QED) is 0.796. The molecule has 0 saturated heterocycles. The Morgan fingerprint density at radius 1 is 1.60 bits per heavy atom. The number of hydrogen-bond donors (Lipinski definition) is 2. The van der Waals surface area contributed by atoms with Crippen molar-refractivity contribution in [3.63, 3.8) is 0 Å². The van der Waals surface area contributed by atoms with Gasteiger partial charge >= 0.3 is 5.97 Å². The fourth-order valence-electron chi connectivity index (χ4n) is 1.21. The van der Waals surface area contributed by atoms with Crippen molar-refractivity contribution >= 4 is 5.97 Å². The molecule has 3 nitrogen and oxygen atoms in total. The van der Waals surface area contributed by atoms with Gasteiger partial charge in [-0.25, -0.2) is 4.39 Å². The van der Waals surface area contributed by atoms with Gasteiger partial charge in [0.25, 0.3) is 0 Å². The van der Waals surface area contributed by atoms with Crippen molar-refractivity contribution in [1.29, 1.82) is 0 Å². The number of carboxylic acid groups (broad SMARTS) is 1. The molecule has 0 fully saturated rings. The van der Waals surface area contributed by atoms with Crippen molar-refractivity contribution in [3.05, 3.63) is 35.1 Å². The third-order valence-corrected chi connectivity index (χ3v) is 2.27. The third kappa shape index (κ3) is 3.32. The second-order valence-corrected chi connectivity index (χ2v) is 3.51. The molecule has 0 radical (unpaired) electrons. The van der Waals surface area contributed by atoms with Crippen LogP contribution in [0.4, 0.5) is 4.39 Å². The Bertz CT molecular complexity index is 366. The zero-order valence-corrected chi connectivity index (χ0v) is 8.75. The first kappa shape index (κ1) is 11.7. The molecule has 0 aromatic heterocycles. The molecule has 4 heteroatoms. The first-order valence-corrected chi connectivity index (χ1v) is 4.72.